The van der Waals surface area contributed by atoms with E-state index in [-0.39, 0.29) is 6.04 Å². The zero-order valence-corrected chi connectivity index (χ0v) is 12.5. The van der Waals surface area contributed by atoms with Crippen molar-refractivity contribution >= 4 is 28.2 Å². The zero-order chi connectivity index (χ0) is 14.1. The summed E-state index contributed by atoms with van der Waals surface area (Å²) in [5, 5.41) is 4.49. The van der Waals surface area contributed by atoms with Gasteiger partial charge in [0.05, 0.1) is 34.0 Å². The third-order valence-electron chi connectivity index (χ3n) is 3.15. The first-order chi connectivity index (χ1) is 9.63. The van der Waals surface area contributed by atoms with Crippen molar-refractivity contribution in [1.29, 1.82) is 0 Å². The van der Waals surface area contributed by atoms with Crippen molar-refractivity contribution < 1.29 is 0 Å². The summed E-state index contributed by atoms with van der Waals surface area (Å²) in [5.74, 6) is 0.793. The summed E-state index contributed by atoms with van der Waals surface area (Å²) < 4.78 is 0. The highest BCUT2D eigenvalue weighted by Gasteiger charge is 2.13. The van der Waals surface area contributed by atoms with Crippen molar-refractivity contribution in [2.75, 3.05) is 5.32 Å². The second-order valence-corrected chi connectivity index (χ2v) is 6.03. The van der Waals surface area contributed by atoms with Crippen molar-refractivity contribution in [3.8, 4) is 0 Å². The third kappa shape index (κ3) is 2.49. The van der Waals surface area contributed by atoms with Gasteiger partial charge in [0.1, 0.15) is 5.82 Å². The number of hydrogen-bond acceptors (Lipinski definition) is 5. The number of rotatable bonds is 3. The topological polar surface area (TPSA) is 50.7 Å². The number of benzene rings is 1. The van der Waals surface area contributed by atoms with E-state index >= 15 is 0 Å². The monoisotopic (exact) mass is 284 g/mol. The number of hydrogen-bond donors (Lipinski definition) is 1. The summed E-state index contributed by atoms with van der Waals surface area (Å²) in [6.07, 6.45) is 1.78. The SMILES string of the molecule is Cc1nc(C)c(C(C)Nc2cnc3ccccc3n2)s1. The highest BCUT2D eigenvalue weighted by molar-refractivity contribution is 7.11. The van der Waals surface area contributed by atoms with Gasteiger partial charge in [-0.25, -0.2) is 9.97 Å². The molecule has 1 atom stereocenters. The molecular weight excluding hydrogens is 268 g/mol. The maximum absolute atomic E-state index is 4.59. The van der Waals surface area contributed by atoms with Crippen LogP contribution in [0.3, 0.4) is 0 Å². The number of nitrogens with one attached hydrogen (secondary N) is 1. The first-order valence-corrected chi connectivity index (χ1v) is 7.37. The van der Waals surface area contributed by atoms with Crippen LogP contribution in [0.5, 0.6) is 0 Å². The minimum absolute atomic E-state index is 0.177. The van der Waals surface area contributed by atoms with Crippen LogP contribution in [0.1, 0.15) is 28.5 Å². The molecular formula is C15H16N4S. The Kier molecular flexibility index (Phi) is 3.36. The Labute approximate surface area is 121 Å². The normalized spacial score (nSPS) is 12.6. The molecule has 1 N–H and O–H groups in total. The van der Waals surface area contributed by atoms with Gasteiger partial charge in [0.25, 0.3) is 0 Å². The molecule has 3 rings (SSSR count). The Morgan fingerprint density at radius 3 is 2.55 bits per heavy atom. The van der Waals surface area contributed by atoms with Crippen LogP contribution >= 0.6 is 11.3 Å². The van der Waals surface area contributed by atoms with Crippen LogP contribution in [0.4, 0.5) is 5.82 Å². The van der Waals surface area contributed by atoms with Crippen LogP contribution in [-0.4, -0.2) is 15.0 Å². The number of para-hydroxylation sites is 2. The largest absolute Gasteiger partial charge is 0.361 e. The predicted molar refractivity (Wildman–Crippen MR) is 83.2 cm³/mol. The van der Waals surface area contributed by atoms with Gasteiger partial charge in [-0.1, -0.05) is 12.1 Å². The molecule has 2 heterocycles. The molecule has 5 heteroatoms. The van der Waals surface area contributed by atoms with Crippen molar-refractivity contribution in [3.05, 3.63) is 46.0 Å². The fraction of sp³-hybridized carbons (Fsp3) is 0.267. The smallest absolute Gasteiger partial charge is 0.145 e. The lowest BCUT2D eigenvalue weighted by molar-refractivity contribution is 0.879. The lowest BCUT2D eigenvalue weighted by Crippen LogP contribution is -2.08. The van der Waals surface area contributed by atoms with E-state index < -0.39 is 0 Å². The van der Waals surface area contributed by atoms with Gasteiger partial charge in [-0.3, -0.25) is 4.98 Å². The Bertz CT molecular complexity index is 750. The zero-order valence-electron chi connectivity index (χ0n) is 11.7. The standard InChI is InChI=1S/C15H16N4S/c1-9-15(20-11(3)17-9)10(2)18-14-8-16-12-6-4-5-7-13(12)19-14/h4-8,10H,1-3H3,(H,18,19). The number of nitrogens with zero attached hydrogens (tertiary/aromatic N) is 3. The van der Waals surface area contributed by atoms with Gasteiger partial charge in [0, 0.05) is 4.88 Å². The minimum Gasteiger partial charge on any atom is -0.361 e. The van der Waals surface area contributed by atoms with Gasteiger partial charge in [0.2, 0.25) is 0 Å². The molecule has 0 aliphatic carbocycles. The molecule has 0 aliphatic rings. The van der Waals surface area contributed by atoms with Crippen LogP contribution in [0.25, 0.3) is 11.0 Å². The summed E-state index contributed by atoms with van der Waals surface area (Å²) in [4.78, 5) is 14.7. The molecule has 0 saturated heterocycles. The van der Waals surface area contributed by atoms with E-state index in [4.69, 9.17) is 0 Å². The quantitative estimate of drug-likeness (QED) is 0.793. The number of aryl methyl sites for hydroxylation is 2. The lowest BCUT2D eigenvalue weighted by Gasteiger charge is -2.13. The maximum atomic E-state index is 4.59. The molecule has 20 heavy (non-hydrogen) atoms. The Morgan fingerprint density at radius 1 is 1.10 bits per heavy atom. The van der Waals surface area contributed by atoms with E-state index in [1.807, 2.05) is 38.1 Å². The van der Waals surface area contributed by atoms with E-state index in [0.717, 1.165) is 27.6 Å². The summed E-state index contributed by atoms with van der Waals surface area (Å²) >= 11 is 1.72. The van der Waals surface area contributed by atoms with Crippen molar-refractivity contribution in [2.45, 2.75) is 26.8 Å². The van der Waals surface area contributed by atoms with Crippen LogP contribution in [-0.2, 0) is 0 Å². The molecule has 0 aliphatic heterocycles. The molecule has 0 saturated carbocycles. The van der Waals surface area contributed by atoms with Gasteiger partial charge in [-0.2, -0.15) is 0 Å². The third-order valence-corrected chi connectivity index (χ3v) is 4.40. The molecule has 3 aromatic rings. The van der Waals surface area contributed by atoms with E-state index in [0.29, 0.717) is 0 Å². The fourth-order valence-electron chi connectivity index (χ4n) is 2.26. The predicted octanol–water partition coefficient (Wildman–Crippen LogP) is 3.88. The summed E-state index contributed by atoms with van der Waals surface area (Å²) in [5.41, 5.74) is 2.90. The summed E-state index contributed by atoms with van der Waals surface area (Å²) in [7, 11) is 0. The second kappa shape index (κ2) is 5.17. The highest BCUT2D eigenvalue weighted by Crippen LogP contribution is 2.27. The van der Waals surface area contributed by atoms with E-state index in [2.05, 4.69) is 27.2 Å². The Balaban J connectivity index is 1.87. The Hall–Kier alpha value is -2.01. The van der Waals surface area contributed by atoms with Gasteiger partial charge >= 0.3 is 0 Å². The fourth-order valence-corrected chi connectivity index (χ4v) is 3.19. The molecule has 0 fully saturated rings. The average Bonchev–Trinajstić information content (AvgIpc) is 2.78. The second-order valence-electron chi connectivity index (χ2n) is 4.79. The summed E-state index contributed by atoms with van der Waals surface area (Å²) in [6.45, 7) is 6.20. The van der Waals surface area contributed by atoms with E-state index in [1.165, 1.54) is 4.88 Å². The molecule has 4 nitrogen and oxygen atoms in total. The number of fused-ring (bicyclic) bond motifs is 1. The number of anilines is 1. The van der Waals surface area contributed by atoms with Crippen molar-refractivity contribution in [1.82, 2.24) is 15.0 Å². The molecule has 102 valence electrons. The summed E-state index contributed by atoms with van der Waals surface area (Å²) in [6, 6.07) is 8.06. The van der Waals surface area contributed by atoms with Crippen molar-refractivity contribution in [3.63, 3.8) is 0 Å². The molecule has 2 aromatic heterocycles. The average molecular weight is 284 g/mol. The maximum Gasteiger partial charge on any atom is 0.145 e. The number of thiazole rings is 1. The molecule has 0 spiro atoms. The molecule has 1 unspecified atom stereocenters. The van der Waals surface area contributed by atoms with Gasteiger partial charge in [0.15, 0.2) is 0 Å². The van der Waals surface area contributed by atoms with Crippen LogP contribution in [0.2, 0.25) is 0 Å². The molecule has 0 amide bonds. The molecule has 0 radical (unpaired) electrons. The first kappa shape index (κ1) is 13.0. The Morgan fingerprint density at radius 2 is 1.85 bits per heavy atom. The number of aromatic nitrogens is 3. The molecule has 1 aromatic carbocycles. The van der Waals surface area contributed by atoms with Crippen LogP contribution in [0.15, 0.2) is 30.5 Å². The van der Waals surface area contributed by atoms with E-state index in [9.17, 15) is 0 Å². The van der Waals surface area contributed by atoms with Crippen molar-refractivity contribution in [2.24, 2.45) is 0 Å². The minimum atomic E-state index is 0.177. The highest BCUT2D eigenvalue weighted by atomic mass is 32.1. The lowest BCUT2D eigenvalue weighted by atomic mass is 10.2. The van der Waals surface area contributed by atoms with Crippen LogP contribution < -0.4 is 5.32 Å². The van der Waals surface area contributed by atoms with Gasteiger partial charge in [-0.05, 0) is 32.9 Å². The molecule has 0 bridgehead atoms. The van der Waals surface area contributed by atoms with Crippen LogP contribution in [0, 0.1) is 13.8 Å². The van der Waals surface area contributed by atoms with E-state index in [1.54, 1.807) is 17.5 Å². The van der Waals surface area contributed by atoms with Gasteiger partial charge < -0.3 is 5.32 Å². The van der Waals surface area contributed by atoms with Gasteiger partial charge in [-0.15, -0.1) is 11.3 Å². The first-order valence-electron chi connectivity index (χ1n) is 6.56.